The van der Waals surface area contributed by atoms with E-state index in [1.807, 2.05) is 45.0 Å². The summed E-state index contributed by atoms with van der Waals surface area (Å²) in [7, 11) is 3.20. The molecule has 1 unspecified atom stereocenters. The highest BCUT2D eigenvalue weighted by Gasteiger charge is 2.33. The maximum Gasteiger partial charge on any atom is 0.230 e. The van der Waals surface area contributed by atoms with Gasteiger partial charge in [-0.15, -0.1) is 0 Å². The van der Waals surface area contributed by atoms with Crippen LogP contribution in [-0.4, -0.2) is 49.0 Å². The van der Waals surface area contributed by atoms with Gasteiger partial charge in [0.1, 0.15) is 17.3 Å². The van der Waals surface area contributed by atoms with Crippen molar-refractivity contribution in [1.82, 2.24) is 9.88 Å². The number of anilines is 1. The van der Waals surface area contributed by atoms with E-state index in [9.17, 15) is 9.59 Å². The molecule has 7 nitrogen and oxygen atoms in total. The van der Waals surface area contributed by atoms with Gasteiger partial charge in [-0.3, -0.25) is 9.59 Å². The van der Waals surface area contributed by atoms with Crippen molar-refractivity contribution >= 4 is 17.6 Å². The van der Waals surface area contributed by atoms with Gasteiger partial charge in [-0.2, -0.15) is 0 Å². The molecule has 0 radical (unpaired) electrons. The summed E-state index contributed by atoms with van der Waals surface area (Å²) < 4.78 is 10.7. The lowest BCUT2D eigenvalue weighted by Gasteiger charge is -2.35. The Morgan fingerprint density at radius 1 is 1.10 bits per heavy atom. The molecular weight excluding hydrogens is 394 g/mol. The van der Waals surface area contributed by atoms with Crippen LogP contribution in [0.3, 0.4) is 0 Å². The second-order valence-electron chi connectivity index (χ2n) is 8.84. The van der Waals surface area contributed by atoms with Crippen molar-refractivity contribution in [3.8, 4) is 22.8 Å². The van der Waals surface area contributed by atoms with Gasteiger partial charge in [-0.25, -0.2) is 4.98 Å². The Labute approximate surface area is 183 Å². The molecule has 1 fully saturated rings. The molecular formula is C24H31N3O4. The molecule has 1 aromatic heterocycles. The summed E-state index contributed by atoms with van der Waals surface area (Å²) in [5.41, 5.74) is 1.07. The van der Waals surface area contributed by atoms with Crippen LogP contribution >= 0.6 is 0 Å². The average Bonchev–Trinajstić information content (AvgIpc) is 2.77. The smallest absolute Gasteiger partial charge is 0.230 e. The topological polar surface area (TPSA) is 80.8 Å². The lowest BCUT2D eigenvalue weighted by Crippen LogP contribution is -2.47. The number of methoxy groups -OCH3 is 2. The minimum atomic E-state index is -0.452. The number of benzene rings is 1. The van der Waals surface area contributed by atoms with Crippen LogP contribution in [0.4, 0.5) is 5.82 Å². The SMILES string of the molecule is COc1cc(OC)cc(-c2cccc(NC(=O)C3CCCN(C(=O)C(C)(C)C)C3)n2)c1. The summed E-state index contributed by atoms with van der Waals surface area (Å²) in [4.78, 5) is 31.9. The van der Waals surface area contributed by atoms with Crippen molar-refractivity contribution in [2.75, 3.05) is 32.6 Å². The van der Waals surface area contributed by atoms with E-state index in [0.29, 0.717) is 36.1 Å². The molecule has 0 spiro atoms. The van der Waals surface area contributed by atoms with E-state index < -0.39 is 5.41 Å². The molecule has 1 N–H and O–H groups in total. The molecule has 1 aliphatic rings. The first-order valence-electron chi connectivity index (χ1n) is 10.5. The van der Waals surface area contributed by atoms with Crippen molar-refractivity contribution in [1.29, 1.82) is 0 Å². The van der Waals surface area contributed by atoms with Gasteiger partial charge in [0, 0.05) is 30.1 Å². The van der Waals surface area contributed by atoms with Crippen molar-refractivity contribution < 1.29 is 19.1 Å². The molecule has 0 bridgehead atoms. The van der Waals surface area contributed by atoms with E-state index >= 15 is 0 Å². The van der Waals surface area contributed by atoms with Gasteiger partial charge in [0.15, 0.2) is 0 Å². The van der Waals surface area contributed by atoms with Gasteiger partial charge in [0.05, 0.1) is 25.8 Å². The number of pyridine rings is 1. The highest BCUT2D eigenvalue weighted by Crippen LogP contribution is 2.30. The molecule has 0 aliphatic carbocycles. The van der Waals surface area contributed by atoms with Crippen LogP contribution in [0.2, 0.25) is 0 Å². The van der Waals surface area contributed by atoms with Gasteiger partial charge in [0.2, 0.25) is 11.8 Å². The molecule has 1 saturated heterocycles. The monoisotopic (exact) mass is 425 g/mol. The fourth-order valence-electron chi connectivity index (χ4n) is 3.70. The number of hydrogen-bond acceptors (Lipinski definition) is 5. The lowest BCUT2D eigenvalue weighted by molar-refractivity contribution is -0.142. The summed E-state index contributed by atoms with van der Waals surface area (Å²) in [5, 5.41) is 2.93. The molecule has 31 heavy (non-hydrogen) atoms. The van der Waals surface area contributed by atoms with E-state index in [2.05, 4.69) is 10.3 Å². The number of aromatic nitrogens is 1. The highest BCUT2D eigenvalue weighted by atomic mass is 16.5. The number of amides is 2. The third-order valence-corrected chi connectivity index (χ3v) is 5.37. The van der Waals surface area contributed by atoms with Crippen molar-refractivity contribution in [2.24, 2.45) is 11.3 Å². The molecule has 7 heteroatoms. The number of likely N-dealkylation sites (tertiary alicyclic amines) is 1. The van der Waals surface area contributed by atoms with E-state index in [1.165, 1.54) is 0 Å². The Hall–Kier alpha value is -3.09. The predicted molar refractivity (Wildman–Crippen MR) is 120 cm³/mol. The van der Waals surface area contributed by atoms with Crippen LogP contribution in [0.15, 0.2) is 36.4 Å². The van der Waals surface area contributed by atoms with E-state index in [4.69, 9.17) is 9.47 Å². The van der Waals surface area contributed by atoms with Gasteiger partial charge < -0.3 is 19.7 Å². The molecule has 1 atom stereocenters. The van der Waals surface area contributed by atoms with Gasteiger partial charge in [-0.05, 0) is 37.1 Å². The highest BCUT2D eigenvalue weighted by molar-refractivity contribution is 5.93. The number of carbonyl (C=O) groups is 2. The quantitative estimate of drug-likeness (QED) is 0.783. The van der Waals surface area contributed by atoms with Gasteiger partial charge in [-0.1, -0.05) is 26.8 Å². The van der Waals surface area contributed by atoms with Gasteiger partial charge in [0.25, 0.3) is 0 Å². The molecule has 2 aromatic rings. The van der Waals surface area contributed by atoms with Crippen LogP contribution in [0.25, 0.3) is 11.3 Å². The molecule has 1 aliphatic heterocycles. The van der Waals surface area contributed by atoms with Crippen LogP contribution in [0.1, 0.15) is 33.6 Å². The van der Waals surface area contributed by atoms with Crippen molar-refractivity contribution in [2.45, 2.75) is 33.6 Å². The maximum atomic E-state index is 12.9. The Kier molecular flexibility index (Phi) is 6.83. The largest absolute Gasteiger partial charge is 0.497 e. The Morgan fingerprint density at radius 2 is 1.77 bits per heavy atom. The van der Waals surface area contributed by atoms with Crippen molar-refractivity contribution in [3.63, 3.8) is 0 Å². The zero-order valence-electron chi connectivity index (χ0n) is 18.9. The van der Waals surface area contributed by atoms with E-state index in [-0.39, 0.29) is 17.7 Å². The van der Waals surface area contributed by atoms with Crippen LogP contribution in [0, 0.1) is 11.3 Å². The van der Waals surface area contributed by atoms with Gasteiger partial charge >= 0.3 is 0 Å². The van der Waals surface area contributed by atoms with E-state index in [1.54, 1.807) is 31.3 Å². The molecule has 2 heterocycles. The Balaban J connectivity index is 1.74. The average molecular weight is 426 g/mol. The summed E-state index contributed by atoms with van der Waals surface area (Å²) in [5.74, 6) is 1.52. The number of ether oxygens (including phenoxy) is 2. The summed E-state index contributed by atoms with van der Waals surface area (Å²) in [6.07, 6.45) is 1.57. The number of piperidine rings is 1. The van der Waals surface area contributed by atoms with E-state index in [0.717, 1.165) is 18.4 Å². The zero-order valence-corrected chi connectivity index (χ0v) is 18.9. The Morgan fingerprint density at radius 3 is 2.39 bits per heavy atom. The van der Waals surface area contributed by atoms with Crippen LogP contribution in [-0.2, 0) is 9.59 Å². The predicted octanol–water partition coefficient (Wildman–Crippen LogP) is 3.99. The second kappa shape index (κ2) is 9.37. The fourth-order valence-corrected chi connectivity index (χ4v) is 3.70. The first-order chi connectivity index (χ1) is 14.7. The first-order valence-corrected chi connectivity index (χ1v) is 10.5. The number of rotatable bonds is 5. The number of nitrogens with one attached hydrogen (secondary N) is 1. The van der Waals surface area contributed by atoms with Crippen LogP contribution in [0.5, 0.6) is 11.5 Å². The number of nitrogens with zero attached hydrogens (tertiary/aromatic N) is 2. The number of carbonyl (C=O) groups excluding carboxylic acids is 2. The third-order valence-electron chi connectivity index (χ3n) is 5.37. The molecule has 0 saturated carbocycles. The summed E-state index contributed by atoms with van der Waals surface area (Å²) >= 11 is 0. The minimum Gasteiger partial charge on any atom is -0.497 e. The zero-order chi connectivity index (χ0) is 22.6. The fraction of sp³-hybridized carbons (Fsp3) is 0.458. The molecule has 166 valence electrons. The molecule has 2 amide bonds. The Bertz CT molecular complexity index is 930. The normalized spacial score (nSPS) is 16.5. The standard InChI is InChI=1S/C24H31N3O4/c1-24(2,3)23(29)27-11-7-8-16(15-27)22(28)26-21-10-6-9-20(25-21)17-12-18(30-4)14-19(13-17)31-5/h6,9-10,12-14,16H,7-8,11,15H2,1-5H3,(H,25,26,28). The second-order valence-corrected chi connectivity index (χ2v) is 8.84. The molecule has 1 aromatic carbocycles. The maximum absolute atomic E-state index is 12.9. The minimum absolute atomic E-state index is 0.0806. The number of hydrogen-bond donors (Lipinski definition) is 1. The van der Waals surface area contributed by atoms with Crippen molar-refractivity contribution in [3.05, 3.63) is 36.4 Å². The molecule has 3 rings (SSSR count). The first kappa shape index (κ1) is 22.6. The van der Waals surface area contributed by atoms with Crippen LogP contribution < -0.4 is 14.8 Å². The summed E-state index contributed by atoms with van der Waals surface area (Å²) in [6, 6.07) is 11.0. The third kappa shape index (κ3) is 5.54. The summed E-state index contributed by atoms with van der Waals surface area (Å²) in [6.45, 7) is 6.85. The lowest BCUT2D eigenvalue weighted by atomic mass is 9.91.